The Balaban J connectivity index is 1.15. The number of hydrogen-bond acceptors (Lipinski definition) is 6. The number of rotatable bonds is 6. The number of aromatic amines is 1. The van der Waals surface area contributed by atoms with Gasteiger partial charge in [0, 0.05) is 46.0 Å². The first-order valence-corrected chi connectivity index (χ1v) is 13.5. The van der Waals surface area contributed by atoms with Gasteiger partial charge in [0.15, 0.2) is 0 Å². The molecule has 0 radical (unpaired) electrons. The SMILES string of the molecule is Cc1ccc(C(=O)Nc2ccc(N3CCOCC3)cc2)cc1-c1ccc(C(=O)Nc2ccc3cn[nH]c3c2)s1. The van der Waals surface area contributed by atoms with Crippen molar-refractivity contribution in [2.24, 2.45) is 0 Å². The Morgan fingerprint density at radius 2 is 1.67 bits per heavy atom. The van der Waals surface area contributed by atoms with Gasteiger partial charge in [-0.05, 0) is 84.8 Å². The van der Waals surface area contributed by atoms with Crippen molar-refractivity contribution in [1.82, 2.24) is 10.2 Å². The summed E-state index contributed by atoms with van der Waals surface area (Å²) in [5, 5.41) is 13.9. The van der Waals surface area contributed by atoms with Crippen LogP contribution in [-0.4, -0.2) is 48.3 Å². The lowest BCUT2D eigenvalue weighted by atomic mass is 10.0. The molecule has 1 saturated heterocycles. The summed E-state index contributed by atoms with van der Waals surface area (Å²) in [4.78, 5) is 29.8. The van der Waals surface area contributed by atoms with Crippen LogP contribution in [0.15, 0.2) is 79.0 Å². The normalized spacial score (nSPS) is 13.4. The first-order valence-electron chi connectivity index (χ1n) is 12.7. The Kier molecular flexibility index (Phi) is 6.83. The molecule has 0 aliphatic carbocycles. The highest BCUT2D eigenvalue weighted by atomic mass is 32.1. The van der Waals surface area contributed by atoms with Gasteiger partial charge in [0.1, 0.15) is 0 Å². The topological polar surface area (TPSA) is 99.3 Å². The third-order valence-corrected chi connectivity index (χ3v) is 7.91. The molecule has 196 valence electrons. The fourth-order valence-corrected chi connectivity index (χ4v) is 5.60. The van der Waals surface area contributed by atoms with E-state index in [0.717, 1.165) is 64.6 Å². The van der Waals surface area contributed by atoms with Gasteiger partial charge in [-0.1, -0.05) is 6.07 Å². The van der Waals surface area contributed by atoms with Crippen LogP contribution in [0.5, 0.6) is 0 Å². The van der Waals surface area contributed by atoms with Gasteiger partial charge >= 0.3 is 0 Å². The van der Waals surface area contributed by atoms with Crippen molar-refractivity contribution in [2.45, 2.75) is 6.92 Å². The smallest absolute Gasteiger partial charge is 0.265 e. The Labute approximate surface area is 229 Å². The summed E-state index contributed by atoms with van der Waals surface area (Å²) in [6, 6.07) is 22.9. The monoisotopic (exact) mass is 537 g/mol. The molecule has 3 aromatic carbocycles. The fraction of sp³-hybridized carbons (Fsp3) is 0.167. The highest BCUT2D eigenvalue weighted by Crippen LogP contribution is 2.32. The van der Waals surface area contributed by atoms with Crippen LogP contribution in [0.4, 0.5) is 17.1 Å². The van der Waals surface area contributed by atoms with Crippen LogP contribution < -0.4 is 15.5 Å². The summed E-state index contributed by atoms with van der Waals surface area (Å²) < 4.78 is 5.42. The number of thiophene rings is 1. The molecule has 9 heteroatoms. The van der Waals surface area contributed by atoms with Crippen LogP contribution >= 0.6 is 11.3 Å². The van der Waals surface area contributed by atoms with E-state index < -0.39 is 0 Å². The largest absolute Gasteiger partial charge is 0.378 e. The number of aromatic nitrogens is 2. The number of carbonyl (C=O) groups is 2. The number of amides is 2. The Hall–Kier alpha value is -4.47. The van der Waals surface area contributed by atoms with Crippen LogP contribution in [0.2, 0.25) is 0 Å². The molecule has 1 aliphatic heterocycles. The van der Waals surface area contributed by atoms with Crippen LogP contribution in [0.1, 0.15) is 25.6 Å². The molecule has 0 bridgehead atoms. The number of ether oxygens (including phenoxy) is 1. The highest BCUT2D eigenvalue weighted by Gasteiger charge is 2.16. The Morgan fingerprint density at radius 3 is 2.49 bits per heavy atom. The molecule has 1 aliphatic rings. The average molecular weight is 538 g/mol. The van der Waals surface area contributed by atoms with Gasteiger partial charge in [-0.3, -0.25) is 14.7 Å². The maximum Gasteiger partial charge on any atom is 0.265 e. The molecular weight excluding hydrogens is 510 g/mol. The number of hydrogen-bond donors (Lipinski definition) is 3. The number of anilines is 3. The second-order valence-electron chi connectivity index (χ2n) is 9.42. The van der Waals surface area contributed by atoms with Crippen LogP contribution in [-0.2, 0) is 4.74 Å². The van der Waals surface area contributed by atoms with Gasteiger partial charge in [-0.2, -0.15) is 5.10 Å². The van der Waals surface area contributed by atoms with E-state index in [1.807, 2.05) is 79.7 Å². The number of nitrogens with one attached hydrogen (secondary N) is 3. The molecule has 0 saturated carbocycles. The molecule has 2 amide bonds. The van der Waals surface area contributed by atoms with E-state index >= 15 is 0 Å². The molecule has 3 N–H and O–H groups in total. The summed E-state index contributed by atoms with van der Waals surface area (Å²) in [5.74, 6) is -0.365. The molecular formula is C30H27N5O3S. The van der Waals surface area contributed by atoms with Crippen molar-refractivity contribution in [3.05, 3.63) is 95.0 Å². The van der Waals surface area contributed by atoms with E-state index in [-0.39, 0.29) is 11.8 Å². The maximum atomic E-state index is 13.1. The summed E-state index contributed by atoms with van der Waals surface area (Å²) >= 11 is 1.39. The number of nitrogens with zero attached hydrogens (tertiary/aromatic N) is 2. The molecule has 39 heavy (non-hydrogen) atoms. The Bertz CT molecular complexity index is 1650. The standard InChI is InChI=1S/C30H27N5O3S/c1-19-2-3-20(29(36)32-22-6-8-24(9-7-22)35-12-14-38-15-13-35)16-25(19)27-10-11-28(39-27)30(37)33-23-5-4-21-18-31-34-26(21)17-23/h2-11,16-18H,12-15H2,1H3,(H,31,34)(H,32,36)(H,33,37). The van der Waals surface area contributed by atoms with Gasteiger partial charge < -0.3 is 20.3 Å². The summed E-state index contributed by atoms with van der Waals surface area (Å²) in [5.41, 5.74) is 5.92. The zero-order valence-corrected chi connectivity index (χ0v) is 22.2. The third-order valence-electron chi connectivity index (χ3n) is 6.80. The number of fused-ring (bicyclic) bond motifs is 1. The summed E-state index contributed by atoms with van der Waals surface area (Å²) in [6.45, 7) is 5.19. The minimum atomic E-state index is -0.183. The van der Waals surface area contributed by atoms with Crippen molar-refractivity contribution >= 4 is 51.1 Å². The van der Waals surface area contributed by atoms with Crippen LogP contribution in [0, 0.1) is 6.92 Å². The molecule has 6 rings (SSSR count). The molecule has 0 spiro atoms. The number of benzene rings is 3. The van der Waals surface area contributed by atoms with E-state index in [2.05, 4.69) is 25.7 Å². The van der Waals surface area contributed by atoms with Crippen molar-refractivity contribution in [3.8, 4) is 10.4 Å². The zero-order valence-electron chi connectivity index (χ0n) is 21.4. The molecule has 0 unspecified atom stereocenters. The van der Waals surface area contributed by atoms with Crippen LogP contribution in [0.25, 0.3) is 21.3 Å². The molecule has 0 atom stereocenters. The maximum absolute atomic E-state index is 13.1. The highest BCUT2D eigenvalue weighted by molar-refractivity contribution is 7.17. The number of carbonyl (C=O) groups excluding carboxylic acids is 2. The van der Waals surface area contributed by atoms with E-state index in [1.165, 1.54) is 11.3 Å². The van der Waals surface area contributed by atoms with Gasteiger partial charge in [0.25, 0.3) is 11.8 Å². The van der Waals surface area contributed by atoms with E-state index in [1.54, 1.807) is 6.20 Å². The van der Waals surface area contributed by atoms with Crippen molar-refractivity contribution < 1.29 is 14.3 Å². The zero-order chi connectivity index (χ0) is 26.8. The lowest BCUT2D eigenvalue weighted by Gasteiger charge is -2.28. The summed E-state index contributed by atoms with van der Waals surface area (Å²) in [6.07, 6.45) is 1.74. The molecule has 3 heterocycles. The van der Waals surface area contributed by atoms with Crippen molar-refractivity contribution in [2.75, 3.05) is 41.8 Å². The molecule has 2 aromatic heterocycles. The number of aryl methyl sites for hydroxylation is 1. The average Bonchev–Trinajstić information content (AvgIpc) is 3.64. The first kappa shape index (κ1) is 24.8. The Morgan fingerprint density at radius 1 is 0.897 bits per heavy atom. The van der Waals surface area contributed by atoms with Crippen molar-refractivity contribution in [1.29, 1.82) is 0 Å². The minimum Gasteiger partial charge on any atom is -0.378 e. The predicted molar refractivity (Wildman–Crippen MR) is 156 cm³/mol. The quantitative estimate of drug-likeness (QED) is 0.249. The number of morpholine rings is 1. The number of H-pyrrole nitrogens is 1. The van der Waals surface area contributed by atoms with Crippen LogP contribution in [0.3, 0.4) is 0 Å². The van der Waals surface area contributed by atoms with Crippen molar-refractivity contribution in [3.63, 3.8) is 0 Å². The van der Waals surface area contributed by atoms with E-state index in [0.29, 0.717) is 16.1 Å². The third kappa shape index (κ3) is 5.41. The lowest BCUT2D eigenvalue weighted by molar-refractivity contribution is 0.102. The van der Waals surface area contributed by atoms with E-state index in [9.17, 15) is 9.59 Å². The fourth-order valence-electron chi connectivity index (χ4n) is 4.62. The molecule has 5 aromatic rings. The summed E-state index contributed by atoms with van der Waals surface area (Å²) in [7, 11) is 0. The minimum absolute atomic E-state index is 0.181. The second-order valence-corrected chi connectivity index (χ2v) is 10.5. The van der Waals surface area contributed by atoms with Gasteiger partial charge in [0.2, 0.25) is 0 Å². The first-order chi connectivity index (χ1) is 19.0. The molecule has 8 nitrogen and oxygen atoms in total. The second kappa shape index (κ2) is 10.7. The van der Waals surface area contributed by atoms with Gasteiger partial charge in [-0.25, -0.2) is 0 Å². The lowest BCUT2D eigenvalue weighted by Crippen LogP contribution is -2.36. The molecule has 1 fully saturated rings. The van der Waals surface area contributed by atoms with Gasteiger partial charge in [0.05, 0.1) is 29.8 Å². The van der Waals surface area contributed by atoms with E-state index in [4.69, 9.17) is 4.74 Å². The predicted octanol–water partition coefficient (Wildman–Crippen LogP) is 5.94. The van der Waals surface area contributed by atoms with Gasteiger partial charge in [-0.15, -0.1) is 11.3 Å².